The Bertz CT molecular complexity index is 1040. The van der Waals surface area contributed by atoms with Gasteiger partial charge >= 0.3 is 0 Å². The largest absolute Gasteiger partial charge is 0.390 e. The number of anilines is 1. The number of aliphatic hydroxyl groups excluding tert-OH is 2. The predicted molar refractivity (Wildman–Crippen MR) is 105 cm³/mol. The number of para-hydroxylation sites is 1. The summed E-state index contributed by atoms with van der Waals surface area (Å²) in [5.74, 6) is 0. The summed E-state index contributed by atoms with van der Waals surface area (Å²) in [6.07, 6.45) is -0.773. The summed E-state index contributed by atoms with van der Waals surface area (Å²) in [6.45, 7) is 2.26. The Morgan fingerprint density at radius 2 is 1.71 bits per heavy atom. The van der Waals surface area contributed by atoms with E-state index in [1.165, 1.54) is 4.31 Å². The van der Waals surface area contributed by atoms with Gasteiger partial charge in [-0.1, -0.05) is 35.9 Å². The molecule has 2 fully saturated rings. The first-order valence-corrected chi connectivity index (χ1v) is 11.1. The smallest absolute Gasteiger partial charge is 0.245 e. The third-order valence-corrected chi connectivity index (χ3v) is 8.80. The second kappa shape index (κ2) is 5.79. The van der Waals surface area contributed by atoms with E-state index in [0.29, 0.717) is 19.4 Å². The SMILES string of the molecule is Cc1ccc(S(=O)(=O)N2CCC34CC(O)C(O)CC23Nc2ccccc24)cc1. The summed E-state index contributed by atoms with van der Waals surface area (Å²) in [5.41, 5.74) is 1.38. The highest BCUT2D eigenvalue weighted by atomic mass is 32.2. The van der Waals surface area contributed by atoms with E-state index < -0.39 is 33.3 Å². The van der Waals surface area contributed by atoms with Crippen LogP contribution in [0.3, 0.4) is 0 Å². The first kappa shape index (κ1) is 18.1. The van der Waals surface area contributed by atoms with Gasteiger partial charge in [0.25, 0.3) is 0 Å². The summed E-state index contributed by atoms with van der Waals surface area (Å²) < 4.78 is 28.8. The molecule has 6 nitrogen and oxygen atoms in total. The monoisotopic (exact) mass is 400 g/mol. The second-order valence-electron chi connectivity index (χ2n) is 8.30. The van der Waals surface area contributed by atoms with Crippen LogP contribution in [0.4, 0.5) is 5.69 Å². The Labute approximate surface area is 164 Å². The molecule has 3 aliphatic rings. The minimum absolute atomic E-state index is 0.147. The molecule has 1 aliphatic carbocycles. The van der Waals surface area contributed by atoms with Gasteiger partial charge in [-0.3, -0.25) is 0 Å². The van der Waals surface area contributed by atoms with Crippen LogP contribution in [-0.4, -0.2) is 47.4 Å². The number of fused-ring (bicyclic) bond motifs is 1. The molecular formula is C21H24N2O4S. The van der Waals surface area contributed by atoms with Gasteiger partial charge in [-0.25, -0.2) is 8.42 Å². The summed E-state index contributed by atoms with van der Waals surface area (Å²) >= 11 is 0. The van der Waals surface area contributed by atoms with Crippen molar-refractivity contribution < 1.29 is 18.6 Å². The molecule has 0 bridgehead atoms. The molecule has 28 heavy (non-hydrogen) atoms. The number of rotatable bonds is 2. The number of nitrogens with zero attached hydrogens (tertiary/aromatic N) is 1. The third kappa shape index (κ3) is 2.16. The van der Waals surface area contributed by atoms with Crippen molar-refractivity contribution in [3.05, 3.63) is 59.7 Å². The maximum absolute atomic E-state index is 13.6. The Morgan fingerprint density at radius 1 is 1.04 bits per heavy atom. The topological polar surface area (TPSA) is 89.9 Å². The van der Waals surface area contributed by atoms with E-state index in [-0.39, 0.29) is 11.3 Å². The van der Waals surface area contributed by atoms with Crippen molar-refractivity contribution in [1.82, 2.24) is 4.31 Å². The zero-order valence-electron chi connectivity index (χ0n) is 15.7. The average Bonchev–Trinajstić information content (AvgIpc) is 3.11. The molecule has 4 unspecified atom stereocenters. The molecule has 0 spiro atoms. The van der Waals surface area contributed by atoms with Gasteiger partial charge in [0.1, 0.15) is 5.66 Å². The summed E-state index contributed by atoms with van der Waals surface area (Å²) in [4.78, 5) is 0.252. The normalized spacial score (nSPS) is 34.4. The average molecular weight is 401 g/mol. The van der Waals surface area contributed by atoms with Crippen molar-refractivity contribution in [3.8, 4) is 0 Å². The number of hydrogen-bond donors (Lipinski definition) is 3. The fraction of sp³-hybridized carbons (Fsp3) is 0.429. The lowest BCUT2D eigenvalue weighted by Gasteiger charge is -2.50. The molecular weight excluding hydrogens is 376 g/mol. The predicted octanol–water partition coefficient (Wildman–Crippen LogP) is 1.96. The van der Waals surface area contributed by atoms with Gasteiger partial charge < -0.3 is 15.5 Å². The van der Waals surface area contributed by atoms with Gasteiger partial charge in [-0.15, -0.1) is 0 Å². The van der Waals surface area contributed by atoms with Crippen molar-refractivity contribution in [2.45, 2.75) is 54.4 Å². The molecule has 4 atom stereocenters. The fourth-order valence-corrected chi connectivity index (χ4v) is 7.30. The van der Waals surface area contributed by atoms with Crippen molar-refractivity contribution >= 4 is 15.7 Å². The molecule has 0 radical (unpaired) electrons. The van der Waals surface area contributed by atoms with Gasteiger partial charge in [0, 0.05) is 24.1 Å². The van der Waals surface area contributed by atoms with Crippen LogP contribution >= 0.6 is 0 Å². The highest BCUT2D eigenvalue weighted by molar-refractivity contribution is 7.89. The van der Waals surface area contributed by atoms with Crippen LogP contribution in [-0.2, 0) is 15.4 Å². The van der Waals surface area contributed by atoms with E-state index in [9.17, 15) is 18.6 Å². The molecule has 2 aromatic rings. The van der Waals surface area contributed by atoms with Gasteiger partial charge in [-0.05, 0) is 43.5 Å². The molecule has 1 saturated heterocycles. The van der Waals surface area contributed by atoms with E-state index >= 15 is 0 Å². The number of aryl methyl sites for hydroxylation is 1. The molecule has 5 rings (SSSR count). The van der Waals surface area contributed by atoms with E-state index in [2.05, 4.69) is 5.32 Å². The molecule has 0 aromatic heterocycles. The van der Waals surface area contributed by atoms with E-state index in [1.807, 2.05) is 31.2 Å². The van der Waals surface area contributed by atoms with Crippen LogP contribution in [0.25, 0.3) is 0 Å². The highest BCUT2D eigenvalue weighted by Gasteiger charge is 2.70. The maximum Gasteiger partial charge on any atom is 0.245 e. The zero-order chi connectivity index (χ0) is 19.7. The number of sulfonamides is 1. The summed E-state index contributed by atoms with van der Waals surface area (Å²) in [7, 11) is -3.78. The van der Waals surface area contributed by atoms with E-state index in [1.54, 1.807) is 24.3 Å². The Morgan fingerprint density at radius 3 is 2.46 bits per heavy atom. The first-order valence-electron chi connectivity index (χ1n) is 9.64. The number of benzene rings is 2. The molecule has 3 N–H and O–H groups in total. The standard InChI is InChI=1S/C21H24N2O4S/c1-14-6-8-15(9-7-14)28(26,27)23-11-10-20-12-18(24)19(25)13-21(20,23)22-17-5-3-2-4-16(17)20/h2-9,18-19,22,24-25H,10-13H2,1H3. The third-order valence-electron chi connectivity index (χ3n) is 6.86. The Balaban J connectivity index is 1.68. The minimum atomic E-state index is -3.78. The van der Waals surface area contributed by atoms with Gasteiger partial charge in [0.2, 0.25) is 10.0 Å². The lowest BCUT2D eigenvalue weighted by Crippen LogP contribution is -2.65. The second-order valence-corrected chi connectivity index (χ2v) is 10.2. The van der Waals surface area contributed by atoms with Crippen molar-refractivity contribution in [2.75, 3.05) is 11.9 Å². The Hall–Kier alpha value is -1.93. The number of aliphatic hydroxyl groups is 2. The van der Waals surface area contributed by atoms with Crippen molar-refractivity contribution in [3.63, 3.8) is 0 Å². The van der Waals surface area contributed by atoms with Crippen LogP contribution in [0.15, 0.2) is 53.4 Å². The fourth-order valence-electron chi connectivity index (χ4n) is 5.52. The van der Waals surface area contributed by atoms with Crippen LogP contribution in [0.1, 0.15) is 30.4 Å². The van der Waals surface area contributed by atoms with Crippen LogP contribution in [0, 0.1) is 6.92 Å². The number of nitrogens with one attached hydrogen (secondary N) is 1. The Kier molecular flexibility index (Phi) is 3.75. The maximum atomic E-state index is 13.6. The molecule has 2 aromatic carbocycles. The molecule has 7 heteroatoms. The van der Waals surface area contributed by atoms with Crippen molar-refractivity contribution in [1.29, 1.82) is 0 Å². The molecule has 0 amide bonds. The van der Waals surface area contributed by atoms with E-state index in [4.69, 9.17) is 0 Å². The van der Waals surface area contributed by atoms with Gasteiger partial charge in [0.05, 0.1) is 17.1 Å². The highest BCUT2D eigenvalue weighted by Crippen LogP contribution is 2.62. The zero-order valence-corrected chi connectivity index (χ0v) is 16.5. The minimum Gasteiger partial charge on any atom is -0.390 e. The first-order chi connectivity index (χ1) is 13.3. The van der Waals surface area contributed by atoms with Crippen molar-refractivity contribution in [2.24, 2.45) is 0 Å². The molecule has 1 saturated carbocycles. The summed E-state index contributed by atoms with van der Waals surface area (Å²) in [5, 5.41) is 24.5. The molecule has 2 heterocycles. The molecule has 148 valence electrons. The van der Waals surface area contributed by atoms with Crippen LogP contribution < -0.4 is 5.32 Å². The lowest BCUT2D eigenvalue weighted by atomic mass is 9.63. The molecule has 2 aliphatic heterocycles. The van der Waals surface area contributed by atoms with E-state index in [0.717, 1.165) is 16.8 Å². The number of hydrogen-bond acceptors (Lipinski definition) is 5. The summed E-state index contributed by atoms with van der Waals surface area (Å²) in [6, 6.07) is 14.7. The van der Waals surface area contributed by atoms with Gasteiger partial charge in [0.15, 0.2) is 0 Å². The van der Waals surface area contributed by atoms with Crippen LogP contribution in [0.2, 0.25) is 0 Å². The van der Waals surface area contributed by atoms with Crippen LogP contribution in [0.5, 0.6) is 0 Å². The quantitative estimate of drug-likeness (QED) is 0.717. The van der Waals surface area contributed by atoms with Gasteiger partial charge in [-0.2, -0.15) is 4.31 Å². The lowest BCUT2D eigenvalue weighted by molar-refractivity contribution is -0.0668.